The number of fused-ring (bicyclic) bond motifs is 1. The van der Waals surface area contributed by atoms with Crippen LogP contribution in [0.1, 0.15) is 60.2 Å². The lowest BCUT2D eigenvalue weighted by Gasteiger charge is -2.36. The number of rotatable bonds is 9. The zero-order valence-electron chi connectivity index (χ0n) is 20.6. The van der Waals surface area contributed by atoms with Gasteiger partial charge in [-0.05, 0) is 66.8 Å². The third-order valence-corrected chi connectivity index (χ3v) is 6.49. The molecule has 1 aliphatic heterocycles. The molecule has 0 bridgehead atoms. The summed E-state index contributed by atoms with van der Waals surface area (Å²) in [5, 5.41) is 3.05. The van der Waals surface area contributed by atoms with Crippen molar-refractivity contribution in [1.82, 2.24) is 4.90 Å². The monoisotopic (exact) mass is 470 g/mol. The van der Waals surface area contributed by atoms with Gasteiger partial charge in [0, 0.05) is 24.2 Å². The van der Waals surface area contributed by atoms with E-state index >= 15 is 0 Å². The van der Waals surface area contributed by atoms with Gasteiger partial charge in [-0.1, -0.05) is 62.2 Å². The Morgan fingerprint density at radius 3 is 2.46 bits per heavy atom. The molecule has 35 heavy (non-hydrogen) atoms. The van der Waals surface area contributed by atoms with Gasteiger partial charge in [0.15, 0.2) is 0 Å². The molecular formula is C30H34N2O3. The molecule has 2 amide bonds. The SMILES string of the molecule is CCCCCc1ccc(NC(=O)[C@@H]2Cc3ccccc3CN2C(=O)c2cccc(OCC)c2)cc1. The van der Waals surface area contributed by atoms with Crippen molar-refractivity contribution in [3.8, 4) is 5.75 Å². The summed E-state index contributed by atoms with van der Waals surface area (Å²) >= 11 is 0. The van der Waals surface area contributed by atoms with Crippen molar-refractivity contribution in [1.29, 1.82) is 0 Å². The second-order valence-electron chi connectivity index (χ2n) is 9.03. The summed E-state index contributed by atoms with van der Waals surface area (Å²) in [5.41, 5.74) is 4.71. The zero-order valence-corrected chi connectivity index (χ0v) is 20.6. The molecule has 3 aromatic rings. The zero-order chi connectivity index (χ0) is 24.6. The van der Waals surface area contributed by atoms with Gasteiger partial charge in [0.25, 0.3) is 5.91 Å². The van der Waals surface area contributed by atoms with Crippen molar-refractivity contribution >= 4 is 17.5 Å². The average molecular weight is 471 g/mol. The molecule has 0 unspecified atom stereocenters. The standard InChI is InChI=1S/C30H34N2O3/c1-3-5-6-10-22-15-17-26(18-16-22)31-29(33)28-20-23-11-7-8-12-25(23)21-32(28)30(34)24-13-9-14-27(19-24)35-4-2/h7-9,11-19,28H,3-6,10,20-21H2,1-2H3,(H,31,33)/t28-/m0/s1. The van der Waals surface area contributed by atoms with Gasteiger partial charge in [0.2, 0.25) is 5.91 Å². The summed E-state index contributed by atoms with van der Waals surface area (Å²) in [5.74, 6) is 0.302. The molecule has 1 atom stereocenters. The van der Waals surface area contributed by atoms with Gasteiger partial charge in [-0.3, -0.25) is 9.59 Å². The average Bonchev–Trinajstić information content (AvgIpc) is 2.89. The fourth-order valence-electron chi connectivity index (χ4n) is 4.58. The Morgan fingerprint density at radius 1 is 0.943 bits per heavy atom. The number of carbonyl (C=O) groups excluding carboxylic acids is 2. The molecule has 5 heteroatoms. The van der Waals surface area contributed by atoms with Gasteiger partial charge in [-0.15, -0.1) is 0 Å². The molecule has 1 N–H and O–H groups in total. The Bertz CT molecular complexity index is 1160. The van der Waals surface area contributed by atoms with Crippen LogP contribution in [0, 0.1) is 0 Å². The topological polar surface area (TPSA) is 58.6 Å². The molecule has 0 fully saturated rings. The maximum Gasteiger partial charge on any atom is 0.254 e. The Kier molecular flexibility index (Phi) is 8.19. The molecule has 0 spiro atoms. The van der Waals surface area contributed by atoms with Gasteiger partial charge in [0.1, 0.15) is 11.8 Å². The third-order valence-electron chi connectivity index (χ3n) is 6.49. The van der Waals surface area contributed by atoms with E-state index in [9.17, 15) is 9.59 Å². The summed E-state index contributed by atoms with van der Waals surface area (Å²) < 4.78 is 5.58. The number of benzene rings is 3. The molecule has 182 valence electrons. The molecule has 0 saturated heterocycles. The minimum atomic E-state index is -0.600. The van der Waals surface area contributed by atoms with Crippen LogP contribution in [0.25, 0.3) is 0 Å². The van der Waals surface area contributed by atoms with E-state index in [-0.39, 0.29) is 11.8 Å². The van der Waals surface area contributed by atoms with E-state index in [1.807, 2.05) is 55.5 Å². The quantitative estimate of drug-likeness (QED) is 0.389. The molecule has 0 radical (unpaired) electrons. The number of aryl methyl sites for hydroxylation is 1. The lowest BCUT2D eigenvalue weighted by Crippen LogP contribution is -2.50. The van der Waals surface area contributed by atoms with Crippen molar-refractivity contribution < 1.29 is 14.3 Å². The fourth-order valence-corrected chi connectivity index (χ4v) is 4.58. The van der Waals surface area contributed by atoms with Crippen LogP contribution in [0.5, 0.6) is 5.75 Å². The number of nitrogens with zero attached hydrogens (tertiary/aromatic N) is 1. The Labute approximate surface area is 208 Å². The van der Waals surface area contributed by atoms with Crippen molar-refractivity contribution in [3.63, 3.8) is 0 Å². The molecule has 0 saturated carbocycles. The maximum absolute atomic E-state index is 13.6. The summed E-state index contributed by atoms with van der Waals surface area (Å²) in [6.45, 7) is 5.03. The maximum atomic E-state index is 13.6. The smallest absolute Gasteiger partial charge is 0.254 e. The van der Waals surface area contributed by atoms with Crippen molar-refractivity contribution in [2.75, 3.05) is 11.9 Å². The highest BCUT2D eigenvalue weighted by Gasteiger charge is 2.35. The van der Waals surface area contributed by atoms with Gasteiger partial charge in [-0.25, -0.2) is 0 Å². The largest absolute Gasteiger partial charge is 0.494 e. The van der Waals surface area contributed by atoms with Gasteiger partial charge in [-0.2, -0.15) is 0 Å². The molecule has 1 heterocycles. The van der Waals surface area contributed by atoms with Gasteiger partial charge in [0.05, 0.1) is 6.61 Å². The highest BCUT2D eigenvalue weighted by atomic mass is 16.5. The predicted octanol–water partition coefficient (Wildman–Crippen LogP) is 6.02. The lowest BCUT2D eigenvalue weighted by atomic mass is 9.92. The van der Waals surface area contributed by atoms with Gasteiger partial charge >= 0.3 is 0 Å². The van der Waals surface area contributed by atoms with E-state index in [0.29, 0.717) is 30.9 Å². The third kappa shape index (κ3) is 6.10. The second-order valence-corrected chi connectivity index (χ2v) is 9.03. The summed E-state index contributed by atoms with van der Waals surface area (Å²) in [6.07, 6.45) is 5.12. The van der Waals surface area contributed by atoms with Crippen molar-refractivity contribution in [3.05, 3.63) is 95.1 Å². The molecule has 0 aromatic heterocycles. The first-order valence-electron chi connectivity index (χ1n) is 12.6. The second kappa shape index (κ2) is 11.7. The first kappa shape index (κ1) is 24.5. The van der Waals surface area contributed by atoms with Crippen molar-refractivity contribution in [2.24, 2.45) is 0 Å². The fraction of sp³-hybridized carbons (Fsp3) is 0.333. The van der Waals surface area contributed by atoms with E-state index in [2.05, 4.69) is 24.4 Å². The van der Waals surface area contributed by atoms with E-state index in [1.54, 1.807) is 17.0 Å². The van der Waals surface area contributed by atoms with Crippen LogP contribution >= 0.6 is 0 Å². The molecule has 3 aromatic carbocycles. The van der Waals surface area contributed by atoms with Crippen LogP contribution in [0.15, 0.2) is 72.8 Å². The predicted molar refractivity (Wildman–Crippen MR) is 140 cm³/mol. The number of carbonyl (C=O) groups is 2. The van der Waals surface area contributed by atoms with E-state index in [1.165, 1.54) is 24.8 Å². The van der Waals surface area contributed by atoms with Crippen LogP contribution in [-0.4, -0.2) is 29.4 Å². The number of anilines is 1. The summed E-state index contributed by atoms with van der Waals surface area (Å²) in [4.78, 5) is 28.7. The Hall–Kier alpha value is -3.60. The first-order valence-corrected chi connectivity index (χ1v) is 12.6. The van der Waals surface area contributed by atoms with Crippen LogP contribution in [0.3, 0.4) is 0 Å². The number of hydrogen-bond acceptors (Lipinski definition) is 3. The molecule has 5 nitrogen and oxygen atoms in total. The first-order chi connectivity index (χ1) is 17.1. The van der Waals surface area contributed by atoms with E-state index in [4.69, 9.17) is 4.74 Å². The normalized spacial score (nSPS) is 14.8. The number of ether oxygens (including phenoxy) is 1. The molecule has 4 rings (SSSR count). The Morgan fingerprint density at radius 2 is 1.71 bits per heavy atom. The number of unbranched alkanes of at least 4 members (excludes halogenated alkanes) is 2. The minimum Gasteiger partial charge on any atom is -0.494 e. The minimum absolute atomic E-state index is 0.174. The molecule has 0 aliphatic carbocycles. The van der Waals surface area contributed by atoms with Crippen LogP contribution in [0.2, 0.25) is 0 Å². The summed E-state index contributed by atoms with van der Waals surface area (Å²) in [7, 11) is 0. The Balaban J connectivity index is 1.54. The van der Waals surface area contributed by atoms with Crippen LogP contribution < -0.4 is 10.1 Å². The highest BCUT2D eigenvalue weighted by molar-refractivity contribution is 6.01. The molecular weight excluding hydrogens is 436 g/mol. The van der Waals surface area contributed by atoms with Crippen LogP contribution in [0.4, 0.5) is 5.69 Å². The van der Waals surface area contributed by atoms with Crippen molar-refractivity contribution in [2.45, 2.75) is 58.5 Å². The molecule has 1 aliphatic rings. The van der Waals surface area contributed by atoms with Crippen LogP contribution in [-0.2, 0) is 24.2 Å². The number of hydrogen-bond donors (Lipinski definition) is 1. The van der Waals surface area contributed by atoms with Gasteiger partial charge < -0.3 is 15.0 Å². The van der Waals surface area contributed by atoms with E-state index < -0.39 is 6.04 Å². The van der Waals surface area contributed by atoms with E-state index in [0.717, 1.165) is 23.2 Å². The lowest BCUT2D eigenvalue weighted by molar-refractivity contribution is -0.121. The number of amides is 2. The number of nitrogens with one attached hydrogen (secondary N) is 1. The highest BCUT2D eigenvalue weighted by Crippen LogP contribution is 2.27. The summed E-state index contributed by atoms with van der Waals surface area (Å²) in [6, 6.07) is 22.6.